The largest absolute Gasteiger partial charge is 0.352 e. The molecule has 1 atom stereocenters. The Morgan fingerprint density at radius 1 is 0.974 bits per heavy atom. The molecule has 208 valence electrons. The molecule has 3 aromatic rings. The van der Waals surface area contributed by atoms with Crippen LogP contribution >= 0.6 is 11.6 Å². The minimum absolute atomic E-state index is 0.0284. The Morgan fingerprint density at radius 2 is 1.62 bits per heavy atom. The van der Waals surface area contributed by atoms with E-state index in [4.69, 9.17) is 11.6 Å². The fourth-order valence-corrected chi connectivity index (χ4v) is 5.35. The van der Waals surface area contributed by atoms with Crippen LogP contribution in [0.1, 0.15) is 30.5 Å². The van der Waals surface area contributed by atoms with Gasteiger partial charge in [0, 0.05) is 24.0 Å². The quantitative estimate of drug-likeness (QED) is 0.360. The zero-order valence-electron chi connectivity index (χ0n) is 22.4. The molecular formula is C29H33ClFN3O4S. The van der Waals surface area contributed by atoms with Crippen LogP contribution in [0.25, 0.3) is 0 Å². The van der Waals surface area contributed by atoms with Gasteiger partial charge in [0.2, 0.25) is 21.8 Å². The van der Waals surface area contributed by atoms with E-state index in [1.54, 1.807) is 25.1 Å². The minimum atomic E-state index is -3.89. The maximum atomic E-state index is 14.0. The van der Waals surface area contributed by atoms with Gasteiger partial charge < -0.3 is 10.2 Å². The lowest BCUT2D eigenvalue weighted by atomic mass is 10.0. The van der Waals surface area contributed by atoms with Crippen LogP contribution in [0.2, 0.25) is 5.02 Å². The Balaban J connectivity index is 2.07. The fraction of sp³-hybridized carbons (Fsp3) is 0.310. The highest BCUT2D eigenvalue weighted by molar-refractivity contribution is 7.92. The van der Waals surface area contributed by atoms with Gasteiger partial charge >= 0.3 is 0 Å². The second kappa shape index (κ2) is 13.1. The van der Waals surface area contributed by atoms with Crippen molar-refractivity contribution < 1.29 is 22.4 Å². The van der Waals surface area contributed by atoms with Crippen LogP contribution in [0.5, 0.6) is 0 Å². The molecule has 0 spiro atoms. The Kier molecular flexibility index (Phi) is 10.1. The molecule has 10 heteroatoms. The summed E-state index contributed by atoms with van der Waals surface area (Å²) in [5, 5.41) is 3.32. The molecule has 0 saturated carbocycles. The first-order valence-corrected chi connectivity index (χ1v) is 14.7. The van der Waals surface area contributed by atoms with Crippen molar-refractivity contribution in [2.24, 2.45) is 0 Å². The number of halogens is 2. The molecule has 0 aliphatic rings. The van der Waals surface area contributed by atoms with Gasteiger partial charge in [0.15, 0.2) is 0 Å². The van der Waals surface area contributed by atoms with Crippen LogP contribution in [-0.4, -0.2) is 50.0 Å². The monoisotopic (exact) mass is 573 g/mol. The summed E-state index contributed by atoms with van der Waals surface area (Å²) >= 11 is 6.07. The second-order valence-electron chi connectivity index (χ2n) is 9.72. The lowest BCUT2D eigenvalue weighted by Crippen LogP contribution is -2.54. The highest BCUT2D eigenvalue weighted by atomic mass is 35.5. The van der Waals surface area contributed by atoms with Gasteiger partial charge in [0.05, 0.1) is 11.9 Å². The third-order valence-electron chi connectivity index (χ3n) is 6.07. The molecule has 0 heterocycles. The van der Waals surface area contributed by atoms with Crippen molar-refractivity contribution in [3.8, 4) is 0 Å². The molecule has 3 rings (SSSR count). The number of sulfonamides is 1. The van der Waals surface area contributed by atoms with Crippen LogP contribution in [0, 0.1) is 12.7 Å². The van der Waals surface area contributed by atoms with Crippen LogP contribution in [-0.2, 0) is 32.6 Å². The maximum Gasteiger partial charge on any atom is 0.244 e. The molecule has 0 aliphatic heterocycles. The zero-order chi connectivity index (χ0) is 28.7. The minimum Gasteiger partial charge on any atom is -0.352 e. The van der Waals surface area contributed by atoms with E-state index >= 15 is 0 Å². The highest BCUT2D eigenvalue weighted by Gasteiger charge is 2.33. The van der Waals surface area contributed by atoms with Crippen molar-refractivity contribution in [3.63, 3.8) is 0 Å². The van der Waals surface area contributed by atoms with Crippen LogP contribution in [0.4, 0.5) is 10.1 Å². The summed E-state index contributed by atoms with van der Waals surface area (Å²) in [6.45, 7) is 4.77. The molecule has 0 aromatic heterocycles. The molecule has 1 N–H and O–H groups in total. The summed E-state index contributed by atoms with van der Waals surface area (Å²) in [4.78, 5) is 28.8. The molecule has 0 unspecified atom stereocenters. The van der Waals surface area contributed by atoms with E-state index in [0.717, 1.165) is 16.1 Å². The Labute approximate surface area is 234 Å². The number of carbonyl (C=O) groups is 2. The van der Waals surface area contributed by atoms with E-state index in [0.29, 0.717) is 21.8 Å². The molecule has 0 radical (unpaired) electrons. The number of anilines is 1. The van der Waals surface area contributed by atoms with Gasteiger partial charge in [-0.3, -0.25) is 13.9 Å². The highest BCUT2D eigenvalue weighted by Crippen LogP contribution is 2.26. The normalized spacial score (nSPS) is 12.2. The summed E-state index contributed by atoms with van der Waals surface area (Å²) < 4.78 is 40.4. The first-order valence-electron chi connectivity index (χ1n) is 12.5. The average molecular weight is 574 g/mol. The van der Waals surface area contributed by atoms with Gasteiger partial charge in [-0.2, -0.15) is 0 Å². The van der Waals surface area contributed by atoms with Crippen molar-refractivity contribution in [2.75, 3.05) is 17.1 Å². The maximum absolute atomic E-state index is 14.0. The number of hydrogen-bond acceptors (Lipinski definition) is 4. The summed E-state index contributed by atoms with van der Waals surface area (Å²) in [5.74, 6) is -1.40. The van der Waals surface area contributed by atoms with Crippen molar-refractivity contribution >= 4 is 39.1 Å². The number of nitrogens with one attached hydrogen (secondary N) is 1. The van der Waals surface area contributed by atoms with Gasteiger partial charge in [-0.15, -0.1) is 0 Å². The predicted octanol–water partition coefficient (Wildman–Crippen LogP) is 4.72. The van der Waals surface area contributed by atoms with Gasteiger partial charge in [0.1, 0.15) is 18.4 Å². The Hall–Kier alpha value is -3.43. The molecule has 0 fully saturated rings. The fourth-order valence-electron chi connectivity index (χ4n) is 4.21. The van der Waals surface area contributed by atoms with Gasteiger partial charge in [0.25, 0.3) is 0 Å². The first kappa shape index (κ1) is 30.1. The smallest absolute Gasteiger partial charge is 0.244 e. The third-order valence-corrected chi connectivity index (χ3v) is 7.44. The Bertz CT molecular complexity index is 1400. The molecular weight excluding hydrogens is 541 g/mol. The Morgan fingerprint density at radius 3 is 2.18 bits per heavy atom. The van der Waals surface area contributed by atoms with Gasteiger partial charge in [-0.25, -0.2) is 12.8 Å². The van der Waals surface area contributed by atoms with Crippen LogP contribution < -0.4 is 9.62 Å². The zero-order valence-corrected chi connectivity index (χ0v) is 24.0. The third kappa shape index (κ3) is 8.53. The number of hydrogen-bond donors (Lipinski definition) is 1. The van der Waals surface area contributed by atoms with Crippen molar-refractivity contribution in [3.05, 3.63) is 100 Å². The van der Waals surface area contributed by atoms with E-state index in [-0.39, 0.29) is 24.9 Å². The summed E-state index contributed by atoms with van der Waals surface area (Å²) in [6, 6.07) is 18.4. The lowest BCUT2D eigenvalue weighted by molar-refractivity contribution is -0.140. The lowest BCUT2D eigenvalue weighted by Gasteiger charge is -2.34. The number of benzene rings is 3. The van der Waals surface area contributed by atoms with Crippen molar-refractivity contribution in [1.29, 1.82) is 0 Å². The van der Waals surface area contributed by atoms with Gasteiger partial charge in [-0.05, 0) is 67.8 Å². The standard InChI is InChI=1S/C29H33ClFN3O4S/c1-20(2)32-29(36)27(17-22-8-6-5-7-9-22)33(18-23-10-13-25(31)14-11-23)28(35)19-34(39(4,37)38)26-15-12-24(30)16-21(26)3/h5-16,20,27H,17-19H2,1-4H3,(H,32,36)/t27-/m0/s1. The molecule has 0 aliphatic carbocycles. The van der Waals surface area contributed by atoms with E-state index in [9.17, 15) is 22.4 Å². The molecule has 0 saturated heterocycles. The van der Waals surface area contributed by atoms with E-state index in [1.165, 1.54) is 29.2 Å². The number of nitrogens with zero attached hydrogens (tertiary/aromatic N) is 2. The summed E-state index contributed by atoms with van der Waals surface area (Å²) in [7, 11) is -3.89. The molecule has 0 bridgehead atoms. The SMILES string of the molecule is Cc1cc(Cl)ccc1N(CC(=O)N(Cc1ccc(F)cc1)[C@@H](Cc1ccccc1)C(=O)NC(C)C)S(C)(=O)=O. The summed E-state index contributed by atoms with van der Waals surface area (Å²) in [5.41, 5.74) is 2.30. The number of aryl methyl sites for hydroxylation is 1. The number of amides is 2. The predicted molar refractivity (Wildman–Crippen MR) is 153 cm³/mol. The molecule has 2 amide bonds. The van der Waals surface area contributed by atoms with E-state index in [2.05, 4.69) is 5.32 Å². The van der Waals surface area contributed by atoms with Crippen molar-refractivity contribution in [2.45, 2.75) is 45.8 Å². The molecule has 7 nitrogen and oxygen atoms in total. The first-order chi connectivity index (χ1) is 18.3. The van der Waals surface area contributed by atoms with Crippen molar-refractivity contribution in [1.82, 2.24) is 10.2 Å². The topological polar surface area (TPSA) is 86.8 Å². The van der Waals surface area contributed by atoms with E-state index in [1.807, 2.05) is 44.2 Å². The average Bonchev–Trinajstić information content (AvgIpc) is 2.85. The van der Waals surface area contributed by atoms with E-state index < -0.39 is 34.3 Å². The van der Waals surface area contributed by atoms with Crippen LogP contribution in [0.15, 0.2) is 72.8 Å². The summed E-state index contributed by atoms with van der Waals surface area (Å²) in [6.07, 6.45) is 1.22. The molecule has 3 aromatic carbocycles. The number of carbonyl (C=O) groups excluding carboxylic acids is 2. The second-order valence-corrected chi connectivity index (χ2v) is 12.1. The van der Waals surface area contributed by atoms with Crippen LogP contribution in [0.3, 0.4) is 0 Å². The van der Waals surface area contributed by atoms with Gasteiger partial charge in [-0.1, -0.05) is 54.1 Å². The number of rotatable bonds is 11. The molecule has 39 heavy (non-hydrogen) atoms.